The third-order valence-corrected chi connectivity index (χ3v) is 4.89. The summed E-state index contributed by atoms with van der Waals surface area (Å²) in [6.45, 7) is 0. The summed E-state index contributed by atoms with van der Waals surface area (Å²) in [7, 11) is 0. The Bertz CT molecular complexity index is 458. The number of anilines is 1. The van der Waals surface area contributed by atoms with Crippen LogP contribution in [0.15, 0.2) is 12.3 Å². The Morgan fingerprint density at radius 1 is 1.50 bits per heavy atom. The van der Waals surface area contributed by atoms with Crippen molar-refractivity contribution in [1.29, 1.82) is 5.26 Å². The lowest BCUT2D eigenvalue weighted by atomic mass is 9.95. The van der Waals surface area contributed by atoms with Crippen molar-refractivity contribution in [3.8, 4) is 6.07 Å². The first kappa shape index (κ1) is 13.5. The molecule has 0 aromatic carbocycles. The van der Waals surface area contributed by atoms with Crippen LogP contribution in [0.4, 0.5) is 5.82 Å². The molecule has 2 unspecified atom stereocenters. The lowest BCUT2D eigenvalue weighted by Crippen LogP contribution is -2.34. The molecule has 96 valence electrons. The highest BCUT2D eigenvalue weighted by molar-refractivity contribution is 7.99. The summed E-state index contributed by atoms with van der Waals surface area (Å²) < 4.78 is 0. The minimum atomic E-state index is 0.396. The van der Waals surface area contributed by atoms with Gasteiger partial charge in [0.2, 0.25) is 0 Å². The number of nitrogens with zero attached hydrogens (tertiary/aromatic N) is 2. The van der Waals surface area contributed by atoms with Crippen molar-refractivity contribution in [3.63, 3.8) is 0 Å². The molecule has 2 atom stereocenters. The fraction of sp³-hybridized carbons (Fsp3) is 0.538. The van der Waals surface area contributed by atoms with Crippen molar-refractivity contribution in [3.05, 3.63) is 22.8 Å². The Balaban J connectivity index is 2.15. The van der Waals surface area contributed by atoms with E-state index in [1.807, 2.05) is 11.8 Å². The van der Waals surface area contributed by atoms with Gasteiger partial charge in [0.1, 0.15) is 16.9 Å². The second-order valence-corrected chi connectivity index (χ2v) is 5.90. The van der Waals surface area contributed by atoms with E-state index in [0.29, 0.717) is 27.7 Å². The van der Waals surface area contributed by atoms with Crippen LogP contribution in [0.3, 0.4) is 0 Å². The number of nitriles is 1. The Kier molecular flexibility index (Phi) is 4.73. The van der Waals surface area contributed by atoms with Gasteiger partial charge in [-0.3, -0.25) is 0 Å². The average molecular weight is 282 g/mol. The summed E-state index contributed by atoms with van der Waals surface area (Å²) >= 11 is 8.06. The summed E-state index contributed by atoms with van der Waals surface area (Å²) in [5, 5.41) is 13.4. The van der Waals surface area contributed by atoms with Crippen LogP contribution in [0.5, 0.6) is 0 Å². The van der Waals surface area contributed by atoms with Gasteiger partial charge in [0.05, 0.1) is 5.56 Å². The van der Waals surface area contributed by atoms with Crippen molar-refractivity contribution in [2.45, 2.75) is 37.0 Å². The van der Waals surface area contributed by atoms with Gasteiger partial charge in [-0.15, -0.1) is 0 Å². The molecule has 1 aromatic heterocycles. The van der Waals surface area contributed by atoms with Crippen LogP contribution < -0.4 is 5.32 Å². The second kappa shape index (κ2) is 6.31. The molecule has 0 saturated heterocycles. The lowest BCUT2D eigenvalue weighted by molar-refractivity contribution is 0.474. The average Bonchev–Trinajstić information content (AvgIpc) is 2.42. The van der Waals surface area contributed by atoms with Gasteiger partial charge in [-0.2, -0.15) is 17.0 Å². The zero-order valence-electron chi connectivity index (χ0n) is 10.3. The topological polar surface area (TPSA) is 48.7 Å². The molecule has 18 heavy (non-hydrogen) atoms. The molecular formula is C13H16ClN3S. The summed E-state index contributed by atoms with van der Waals surface area (Å²) in [5.41, 5.74) is 0.477. The van der Waals surface area contributed by atoms with Gasteiger partial charge < -0.3 is 5.32 Å². The minimum absolute atomic E-state index is 0.396. The van der Waals surface area contributed by atoms with E-state index in [4.69, 9.17) is 16.9 Å². The zero-order chi connectivity index (χ0) is 13.0. The lowest BCUT2D eigenvalue weighted by Gasteiger charge is -2.31. The van der Waals surface area contributed by atoms with Crippen molar-refractivity contribution in [1.82, 2.24) is 4.98 Å². The summed E-state index contributed by atoms with van der Waals surface area (Å²) in [5.74, 6) is 0.640. The van der Waals surface area contributed by atoms with E-state index in [-0.39, 0.29) is 0 Å². The van der Waals surface area contributed by atoms with Gasteiger partial charge in [0, 0.05) is 17.5 Å². The van der Waals surface area contributed by atoms with Crippen LogP contribution in [0.2, 0.25) is 5.02 Å². The molecule has 1 aliphatic rings. The summed E-state index contributed by atoms with van der Waals surface area (Å²) in [6.07, 6.45) is 8.68. The molecule has 1 fully saturated rings. The number of thioether (sulfide) groups is 1. The van der Waals surface area contributed by atoms with E-state index >= 15 is 0 Å². The van der Waals surface area contributed by atoms with Gasteiger partial charge in [-0.25, -0.2) is 4.98 Å². The number of pyridine rings is 1. The van der Waals surface area contributed by atoms with Crippen LogP contribution in [0, 0.1) is 11.3 Å². The van der Waals surface area contributed by atoms with Gasteiger partial charge in [0.15, 0.2) is 0 Å². The molecule has 0 spiro atoms. The first-order valence-electron chi connectivity index (χ1n) is 6.10. The highest BCUT2D eigenvalue weighted by atomic mass is 35.5. The quantitative estimate of drug-likeness (QED) is 0.918. The molecule has 0 bridgehead atoms. The first-order valence-corrected chi connectivity index (χ1v) is 7.76. The van der Waals surface area contributed by atoms with Gasteiger partial charge in [0.25, 0.3) is 0 Å². The predicted molar refractivity (Wildman–Crippen MR) is 77.1 cm³/mol. The molecule has 0 amide bonds. The standard InChI is InChI=1S/C13H16ClN3S/c1-18-11-5-3-2-4-10(11)17-13-12(14)9(8-15)6-7-16-13/h6-7,10-11H,2-5H2,1H3,(H,16,17). The van der Waals surface area contributed by atoms with E-state index in [2.05, 4.69) is 22.6 Å². The molecule has 0 aliphatic heterocycles. The summed E-state index contributed by atoms with van der Waals surface area (Å²) in [4.78, 5) is 4.25. The van der Waals surface area contributed by atoms with Crippen LogP contribution in [0.1, 0.15) is 31.2 Å². The monoisotopic (exact) mass is 281 g/mol. The molecule has 1 heterocycles. The number of hydrogen-bond acceptors (Lipinski definition) is 4. The number of hydrogen-bond donors (Lipinski definition) is 1. The normalized spacial score (nSPS) is 23.4. The number of aromatic nitrogens is 1. The van der Waals surface area contributed by atoms with Crippen LogP contribution in [0.25, 0.3) is 0 Å². The Labute approximate surface area is 117 Å². The third kappa shape index (κ3) is 2.90. The molecule has 2 rings (SSSR count). The zero-order valence-corrected chi connectivity index (χ0v) is 11.9. The maximum atomic E-state index is 8.95. The van der Waals surface area contributed by atoms with Gasteiger partial charge in [-0.1, -0.05) is 24.4 Å². The molecule has 5 heteroatoms. The molecule has 1 N–H and O–H groups in total. The highest BCUT2D eigenvalue weighted by Gasteiger charge is 2.25. The largest absolute Gasteiger partial charge is 0.365 e. The fourth-order valence-electron chi connectivity index (χ4n) is 2.35. The summed E-state index contributed by atoms with van der Waals surface area (Å²) in [6, 6.07) is 4.12. The third-order valence-electron chi connectivity index (χ3n) is 3.34. The van der Waals surface area contributed by atoms with Gasteiger partial charge in [-0.05, 0) is 25.2 Å². The molecular weight excluding hydrogens is 266 g/mol. The number of rotatable bonds is 3. The minimum Gasteiger partial charge on any atom is -0.365 e. The Morgan fingerprint density at radius 3 is 3.00 bits per heavy atom. The van der Waals surface area contributed by atoms with E-state index < -0.39 is 0 Å². The maximum Gasteiger partial charge on any atom is 0.146 e. The van der Waals surface area contributed by atoms with Crippen molar-refractivity contribution in [2.75, 3.05) is 11.6 Å². The molecule has 3 nitrogen and oxygen atoms in total. The van der Waals surface area contributed by atoms with E-state index in [0.717, 1.165) is 6.42 Å². The second-order valence-electron chi connectivity index (χ2n) is 4.44. The van der Waals surface area contributed by atoms with Gasteiger partial charge >= 0.3 is 0 Å². The number of halogens is 1. The first-order chi connectivity index (χ1) is 8.76. The molecule has 0 radical (unpaired) electrons. The number of nitrogens with one attached hydrogen (secondary N) is 1. The van der Waals surface area contributed by atoms with Crippen molar-refractivity contribution in [2.24, 2.45) is 0 Å². The van der Waals surface area contributed by atoms with E-state index in [1.165, 1.54) is 19.3 Å². The SMILES string of the molecule is CSC1CCCCC1Nc1nccc(C#N)c1Cl. The van der Waals surface area contributed by atoms with Crippen molar-refractivity contribution < 1.29 is 0 Å². The Morgan fingerprint density at radius 2 is 2.28 bits per heavy atom. The molecule has 1 aromatic rings. The van der Waals surface area contributed by atoms with Crippen LogP contribution in [-0.2, 0) is 0 Å². The molecule has 1 saturated carbocycles. The highest BCUT2D eigenvalue weighted by Crippen LogP contribution is 2.31. The van der Waals surface area contributed by atoms with Crippen molar-refractivity contribution >= 4 is 29.2 Å². The van der Waals surface area contributed by atoms with Crippen LogP contribution in [-0.4, -0.2) is 22.5 Å². The predicted octanol–water partition coefficient (Wildman–Crippen LogP) is 3.69. The van der Waals surface area contributed by atoms with E-state index in [1.54, 1.807) is 12.3 Å². The van der Waals surface area contributed by atoms with E-state index in [9.17, 15) is 0 Å². The molecule has 1 aliphatic carbocycles. The Hall–Kier alpha value is -0.920. The smallest absolute Gasteiger partial charge is 0.146 e. The van der Waals surface area contributed by atoms with Crippen LogP contribution >= 0.6 is 23.4 Å². The fourth-order valence-corrected chi connectivity index (χ4v) is 3.49. The maximum absolute atomic E-state index is 8.95.